The standard InChI is InChI=1S/C68H78N8O10/c1-43(2)55(35-54(77)16-9-7-10-23-74-64(79)21-22-65(74)80)66(81)71-45(4)60(78)32-46-14-13-15-48(31-46)50-34-53-40-70-59-38-63(62(84-6)36-57(59)68(83)76(53)42-50)86-29-12-8-11-28-85-61-37-58-56(30-44(61)3)67(82)75-41-49(33-52(75)39-69-58)47-17-19-51(20-18-47)73-26-24-72(5)25-27-73/h13-15,17-22,30-31,36-43,45,52-53,55H,7-12,16,23-29,32-35H2,1-6H3,(H,71,81)/t45-,52-,53-,55-/m0/s1. The molecular formula is C68H78N8O10. The molecule has 6 aliphatic rings. The predicted molar refractivity (Wildman–Crippen MR) is 332 cm³/mol. The second kappa shape index (κ2) is 27.2. The summed E-state index contributed by atoms with van der Waals surface area (Å²) in [6.45, 7) is 12.7. The fourth-order valence-electron chi connectivity index (χ4n) is 11.9. The van der Waals surface area contributed by atoms with Crippen molar-refractivity contribution in [3.05, 3.63) is 131 Å². The molecule has 0 spiro atoms. The first kappa shape index (κ1) is 60.6. The quantitative estimate of drug-likeness (QED) is 0.0462. The molecule has 18 nitrogen and oxygen atoms in total. The maximum absolute atomic E-state index is 14.2. The number of nitrogens with zero attached hydrogens (tertiary/aromatic N) is 7. The van der Waals surface area contributed by atoms with Crippen molar-refractivity contribution in [1.82, 2.24) is 24.9 Å². The fraction of sp³-hybridized carbons (Fsp3) is 0.426. The molecule has 0 aliphatic carbocycles. The molecule has 0 saturated carbocycles. The van der Waals surface area contributed by atoms with Crippen LogP contribution in [0.3, 0.4) is 0 Å². The Bertz CT molecular complexity index is 3410. The van der Waals surface area contributed by atoms with Crippen LogP contribution in [0.1, 0.15) is 128 Å². The molecule has 5 amide bonds. The minimum Gasteiger partial charge on any atom is -0.493 e. The van der Waals surface area contributed by atoms with Crippen LogP contribution in [0.15, 0.2) is 107 Å². The summed E-state index contributed by atoms with van der Waals surface area (Å²) in [6, 6.07) is 22.2. The van der Waals surface area contributed by atoms with Gasteiger partial charge in [-0.25, -0.2) is 0 Å². The van der Waals surface area contributed by atoms with Gasteiger partial charge in [-0.05, 0) is 117 Å². The number of aliphatic imine (C=N–C) groups is 2. The highest BCUT2D eigenvalue weighted by molar-refractivity contribution is 6.13. The molecule has 86 heavy (non-hydrogen) atoms. The number of Topliss-reactive ketones (excluding diaryl/α,β-unsaturated/α-hetero) is 2. The first-order valence-electron chi connectivity index (χ1n) is 30.3. The Hall–Kier alpha value is -8.51. The maximum atomic E-state index is 14.2. The number of hydrogen-bond donors (Lipinski definition) is 1. The van der Waals surface area contributed by atoms with Crippen molar-refractivity contribution in [2.24, 2.45) is 21.8 Å². The van der Waals surface area contributed by atoms with Gasteiger partial charge in [-0.2, -0.15) is 0 Å². The molecule has 0 aromatic heterocycles. The van der Waals surface area contributed by atoms with Crippen molar-refractivity contribution in [2.45, 2.75) is 116 Å². The molecule has 6 aliphatic heterocycles. The number of imide groups is 1. The Morgan fingerprint density at radius 1 is 0.674 bits per heavy atom. The van der Waals surface area contributed by atoms with Gasteiger partial charge in [-0.3, -0.25) is 48.4 Å². The molecular weight excluding hydrogens is 1090 g/mol. The van der Waals surface area contributed by atoms with Crippen LogP contribution in [-0.2, 0) is 30.4 Å². The zero-order valence-electron chi connectivity index (χ0n) is 50.2. The Balaban J connectivity index is 0.663. The highest BCUT2D eigenvalue weighted by Gasteiger charge is 2.36. The number of benzene rings is 4. The molecule has 6 heterocycles. The third kappa shape index (κ3) is 14.1. The van der Waals surface area contributed by atoms with Gasteiger partial charge < -0.3 is 39.1 Å². The number of methoxy groups -OCH3 is 1. The summed E-state index contributed by atoms with van der Waals surface area (Å²) in [5.74, 6) is -0.617. The van der Waals surface area contributed by atoms with Crippen molar-refractivity contribution < 1.29 is 47.8 Å². The second-order valence-electron chi connectivity index (χ2n) is 23.7. The van der Waals surface area contributed by atoms with Crippen LogP contribution in [0.4, 0.5) is 17.1 Å². The number of carbonyl (C=O) groups excluding carboxylic acids is 7. The van der Waals surface area contributed by atoms with Crippen LogP contribution in [0.5, 0.6) is 17.2 Å². The lowest BCUT2D eigenvalue weighted by Crippen LogP contribution is -2.44. The van der Waals surface area contributed by atoms with Gasteiger partial charge in [0.25, 0.3) is 23.6 Å². The summed E-state index contributed by atoms with van der Waals surface area (Å²) in [7, 11) is 3.70. The molecule has 4 aromatic rings. The number of ether oxygens (including phenoxy) is 3. The van der Waals surface area contributed by atoms with Gasteiger partial charge in [0.05, 0.1) is 61.0 Å². The van der Waals surface area contributed by atoms with E-state index in [2.05, 4.69) is 46.4 Å². The molecule has 4 aromatic carbocycles. The highest BCUT2D eigenvalue weighted by atomic mass is 16.5. The number of hydrogen-bond acceptors (Lipinski definition) is 14. The molecule has 1 fully saturated rings. The van der Waals surface area contributed by atoms with E-state index in [4.69, 9.17) is 24.2 Å². The summed E-state index contributed by atoms with van der Waals surface area (Å²) in [5, 5.41) is 2.86. The van der Waals surface area contributed by atoms with E-state index < -0.39 is 12.0 Å². The topological polar surface area (TPSA) is 200 Å². The molecule has 18 heteroatoms. The summed E-state index contributed by atoms with van der Waals surface area (Å²) >= 11 is 0. The minimum absolute atomic E-state index is 0.0472. The number of anilines is 1. The van der Waals surface area contributed by atoms with Gasteiger partial charge >= 0.3 is 0 Å². The van der Waals surface area contributed by atoms with E-state index in [1.165, 1.54) is 22.7 Å². The zero-order valence-corrected chi connectivity index (χ0v) is 50.2. The lowest BCUT2D eigenvalue weighted by atomic mass is 9.88. The molecule has 450 valence electrons. The Morgan fingerprint density at radius 3 is 1.92 bits per heavy atom. The van der Waals surface area contributed by atoms with Crippen LogP contribution >= 0.6 is 0 Å². The summed E-state index contributed by atoms with van der Waals surface area (Å²) in [6.07, 6.45) is 15.8. The van der Waals surface area contributed by atoms with Gasteiger partial charge in [0.1, 0.15) is 11.5 Å². The van der Waals surface area contributed by atoms with Crippen molar-refractivity contribution in [2.75, 3.05) is 65.0 Å². The summed E-state index contributed by atoms with van der Waals surface area (Å²) < 4.78 is 18.2. The van der Waals surface area contributed by atoms with Crippen LogP contribution in [0.25, 0.3) is 11.1 Å². The largest absolute Gasteiger partial charge is 0.493 e. The van der Waals surface area contributed by atoms with Crippen LogP contribution < -0.4 is 24.4 Å². The van der Waals surface area contributed by atoms with E-state index in [0.29, 0.717) is 91.6 Å². The number of rotatable bonds is 26. The van der Waals surface area contributed by atoms with Crippen LogP contribution in [-0.4, -0.2) is 151 Å². The van der Waals surface area contributed by atoms with Crippen molar-refractivity contribution >= 4 is 81.7 Å². The molecule has 4 atom stereocenters. The van der Waals surface area contributed by atoms with Gasteiger partial charge in [-0.15, -0.1) is 0 Å². The molecule has 1 saturated heterocycles. The van der Waals surface area contributed by atoms with Crippen LogP contribution in [0, 0.1) is 18.8 Å². The lowest BCUT2D eigenvalue weighted by Gasteiger charge is -2.34. The van der Waals surface area contributed by atoms with E-state index in [1.54, 1.807) is 37.3 Å². The first-order valence-corrected chi connectivity index (χ1v) is 30.3. The van der Waals surface area contributed by atoms with E-state index in [0.717, 1.165) is 78.8 Å². The number of likely N-dealkylation sites (N-methyl/N-ethyl adjacent to an activating group) is 1. The molecule has 0 unspecified atom stereocenters. The van der Waals surface area contributed by atoms with Gasteiger partial charge in [0.2, 0.25) is 5.91 Å². The van der Waals surface area contributed by atoms with Gasteiger partial charge in [0.15, 0.2) is 17.3 Å². The number of fused-ring (bicyclic) bond motifs is 4. The number of amides is 5. The van der Waals surface area contributed by atoms with E-state index in [9.17, 15) is 33.6 Å². The maximum Gasteiger partial charge on any atom is 0.260 e. The Kier molecular flexibility index (Phi) is 19.2. The van der Waals surface area contributed by atoms with E-state index in [-0.39, 0.29) is 78.4 Å². The average molecular weight is 1170 g/mol. The fourth-order valence-corrected chi connectivity index (χ4v) is 11.9. The minimum atomic E-state index is -0.789. The normalized spacial score (nSPS) is 18.7. The molecule has 1 N–H and O–H groups in total. The second-order valence-corrected chi connectivity index (χ2v) is 23.7. The lowest BCUT2D eigenvalue weighted by molar-refractivity contribution is -0.137. The monoisotopic (exact) mass is 1170 g/mol. The van der Waals surface area contributed by atoms with Crippen molar-refractivity contribution in [3.8, 4) is 17.2 Å². The van der Waals surface area contributed by atoms with Gasteiger partial charge in [0, 0.05) is 126 Å². The first-order chi connectivity index (χ1) is 41.5. The zero-order chi connectivity index (χ0) is 60.6. The number of nitrogens with one attached hydrogen (secondary N) is 1. The summed E-state index contributed by atoms with van der Waals surface area (Å²) in [5.41, 5.74) is 8.92. The third-order valence-electron chi connectivity index (χ3n) is 17.2. The number of piperazine rings is 1. The molecule has 0 bridgehead atoms. The van der Waals surface area contributed by atoms with E-state index >= 15 is 0 Å². The molecule has 0 radical (unpaired) electrons. The smallest absolute Gasteiger partial charge is 0.260 e. The predicted octanol–water partition coefficient (Wildman–Crippen LogP) is 9.66. The average Bonchev–Trinajstić information content (AvgIpc) is 2.07. The highest BCUT2D eigenvalue weighted by Crippen LogP contribution is 2.41. The number of ketones is 2. The SMILES string of the molecule is COc1cc2c(cc1OCCCCCOc1cc3c(cc1C)C(=O)N1C=C(c4ccc(N5CCN(C)CC5)cc4)C[C@H]1C=N3)N=C[C@@H]1CC(c3cccc(CC(=O)[C@H](C)NC(=O)[C@@H](CC(=O)CCCCCN4C(=O)C=CC4=O)C(C)C)c3)=CN1C2=O. The Labute approximate surface area is 503 Å². The van der Waals surface area contributed by atoms with E-state index in [1.807, 2.05) is 80.7 Å². The van der Waals surface area contributed by atoms with Crippen LogP contribution in [0.2, 0.25) is 0 Å². The van der Waals surface area contributed by atoms with Crippen molar-refractivity contribution in [1.29, 1.82) is 0 Å². The number of carbonyl (C=O) groups is 7. The Morgan fingerprint density at radius 2 is 1.28 bits per heavy atom. The number of unbranched alkanes of at least 4 members (excludes halogenated alkanes) is 4. The molecule has 10 rings (SSSR count). The van der Waals surface area contributed by atoms with Crippen molar-refractivity contribution in [3.63, 3.8) is 0 Å². The summed E-state index contributed by atoms with van der Waals surface area (Å²) in [4.78, 5) is 111. The van der Waals surface area contributed by atoms with Gasteiger partial charge in [-0.1, -0.05) is 56.7 Å². The third-order valence-corrected chi connectivity index (χ3v) is 17.2. The number of aryl methyl sites for hydroxylation is 1.